The van der Waals surface area contributed by atoms with Gasteiger partial charge in [-0.1, -0.05) is 58.0 Å². The van der Waals surface area contributed by atoms with Crippen LogP contribution >= 0.6 is 0 Å². The van der Waals surface area contributed by atoms with Crippen LogP contribution in [0.4, 0.5) is 11.4 Å². The van der Waals surface area contributed by atoms with Crippen molar-refractivity contribution >= 4 is 17.3 Å². The highest BCUT2D eigenvalue weighted by Crippen LogP contribution is 2.32. The van der Waals surface area contributed by atoms with Gasteiger partial charge in [0.2, 0.25) is 5.91 Å². The number of benzene rings is 2. The molecule has 0 radical (unpaired) electrons. The van der Waals surface area contributed by atoms with Gasteiger partial charge >= 0.3 is 0 Å². The summed E-state index contributed by atoms with van der Waals surface area (Å²) in [5.74, 6) is 1.51. The van der Waals surface area contributed by atoms with Crippen molar-refractivity contribution in [2.45, 2.75) is 46.0 Å². The third kappa shape index (κ3) is 5.01. The average molecular weight is 354 g/mol. The quantitative estimate of drug-likeness (QED) is 0.669. The van der Waals surface area contributed by atoms with Crippen molar-refractivity contribution in [3.05, 3.63) is 53.6 Å². The van der Waals surface area contributed by atoms with Gasteiger partial charge in [0.1, 0.15) is 5.75 Å². The molecule has 0 unspecified atom stereocenters. The minimum atomic E-state index is 0.0161. The maximum atomic E-state index is 12.5. The van der Waals surface area contributed by atoms with Gasteiger partial charge in [0, 0.05) is 18.7 Å². The molecule has 0 heterocycles. The number of carbonyl (C=O) groups is 1. The summed E-state index contributed by atoms with van der Waals surface area (Å²) >= 11 is 0. The van der Waals surface area contributed by atoms with Crippen LogP contribution in [0.5, 0.6) is 5.75 Å². The maximum absolute atomic E-state index is 12.5. The highest BCUT2D eigenvalue weighted by Gasteiger charge is 2.15. The number of hydrogen-bond acceptors (Lipinski definition) is 3. The Morgan fingerprint density at radius 2 is 1.58 bits per heavy atom. The highest BCUT2D eigenvalue weighted by molar-refractivity contribution is 5.93. The standard InChI is InChI=1S/C22H30N2O2/c1-15(2)17-9-8-10-18(16(3)4)22(17)24-21(25)13-14-23-19-11-6-7-12-20(19)26-5/h6-12,15-16,23H,13-14H2,1-5H3,(H,24,25). The van der Waals surface area contributed by atoms with E-state index in [-0.39, 0.29) is 5.91 Å². The third-order valence-electron chi connectivity index (χ3n) is 4.41. The van der Waals surface area contributed by atoms with Crippen molar-refractivity contribution in [2.75, 3.05) is 24.3 Å². The Balaban J connectivity index is 2.04. The molecule has 0 bridgehead atoms. The van der Waals surface area contributed by atoms with Gasteiger partial charge in [-0.3, -0.25) is 4.79 Å². The summed E-state index contributed by atoms with van der Waals surface area (Å²) in [6, 6.07) is 14.0. The molecule has 1 amide bonds. The second-order valence-corrected chi connectivity index (χ2v) is 7.05. The molecule has 0 aromatic heterocycles. The van der Waals surface area contributed by atoms with E-state index >= 15 is 0 Å². The first-order chi connectivity index (χ1) is 12.4. The van der Waals surface area contributed by atoms with Gasteiger partial charge in [0.25, 0.3) is 0 Å². The van der Waals surface area contributed by atoms with E-state index in [0.29, 0.717) is 24.8 Å². The van der Waals surface area contributed by atoms with Crippen LogP contribution in [0.2, 0.25) is 0 Å². The van der Waals surface area contributed by atoms with Gasteiger partial charge in [-0.15, -0.1) is 0 Å². The number of carbonyl (C=O) groups excluding carboxylic acids is 1. The molecule has 0 spiro atoms. The van der Waals surface area contributed by atoms with Gasteiger partial charge in [-0.25, -0.2) is 0 Å². The second-order valence-electron chi connectivity index (χ2n) is 7.05. The molecule has 4 nitrogen and oxygen atoms in total. The number of methoxy groups -OCH3 is 1. The Morgan fingerprint density at radius 1 is 0.962 bits per heavy atom. The van der Waals surface area contributed by atoms with Crippen LogP contribution < -0.4 is 15.4 Å². The van der Waals surface area contributed by atoms with Crippen LogP contribution in [-0.2, 0) is 4.79 Å². The molecule has 2 aromatic rings. The summed E-state index contributed by atoms with van der Waals surface area (Å²) in [7, 11) is 1.64. The first-order valence-electron chi connectivity index (χ1n) is 9.23. The predicted octanol–water partition coefficient (Wildman–Crippen LogP) is 5.38. The minimum absolute atomic E-state index is 0.0161. The lowest BCUT2D eigenvalue weighted by molar-refractivity contribution is -0.115. The zero-order chi connectivity index (χ0) is 19.1. The molecule has 2 rings (SSSR count). The largest absolute Gasteiger partial charge is 0.495 e. The van der Waals surface area contributed by atoms with Crippen molar-refractivity contribution in [2.24, 2.45) is 0 Å². The number of anilines is 2. The zero-order valence-electron chi connectivity index (χ0n) is 16.4. The molecule has 26 heavy (non-hydrogen) atoms. The second kappa shape index (κ2) is 9.27. The van der Waals surface area contributed by atoms with Crippen LogP contribution in [0, 0.1) is 0 Å². The van der Waals surface area contributed by atoms with Crippen LogP contribution in [0.25, 0.3) is 0 Å². The Kier molecular flexibility index (Phi) is 7.07. The molecule has 0 saturated carbocycles. The predicted molar refractivity (Wildman–Crippen MR) is 109 cm³/mol. The number of para-hydroxylation sites is 3. The summed E-state index contributed by atoms with van der Waals surface area (Å²) < 4.78 is 5.32. The smallest absolute Gasteiger partial charge is 0.226 e. The fourth-order valence-electron chi connectivity index (χ4n) is 3.00. The maximum Gasteiger partial charge on any atom is 0.226 e. The fraction of sp³-hybridized carbons (Fsp3) is 0.409. The summed E-state index contributed by atoms with van der Waals surface area (Å²) in [6.07, 6.45) is 0.391. The minimum Gasteiger partial charge on any atom is -0.495 e. The van der Waals surface area contributed by atoms with Crippen molar-refractivity contribution in [1.29, 1.82) is 0 Å². The van der Waals surface area contributed by atoms with Crippen molar-refractivity contribution in [3.8, 4) is 5.75 Å². The topological polar surface area (TPSA) is 50.4 Å². The molecule has 0 fully saturated rings. The van der Waals surface area contributed by atoms with Crippen LogP contribution in [0.15, 0.2) is 42.5 Å². The average Bonchev–Trinajstić information content (AvgIpc) is 2.61. The summed E-state index contributed by atoms with van der Waals surface area (Å²) in [5, 5.41) is 6.42. The molecule has 2 aromatic carbocycles. The van der Waals surface area contributed by atoms with Crippen molar-refractivity contribution in [3.63, 3.8) is 0 Å². The molecule has 2 N–H and O–H groups in total. The van der Waals surface area contributed by atoms with Crippen molar-refractivity contribution in [1.82, 2.24) is 0 Å². The Hall–Kier alpha value is -2.49. The van der Waals surface area contributed by atoms with E-state index < -0.39 is 0 Å². The highest BCUT2D eigenvalue weighted by atomic mass is 16.5. The Morgan fingerprint density at radius 3 is 2.15 bits per heavy atom. The molecule has 4 heteroatoms. The first-order valence-corrected chi connectivity index (χ1v) is 9.23. The van der Waals surface area contributed by atoms with E-state index in [1.54, 1.807) is 7.11 Å². The van der Waals surface area contributed by atoms with Gasteiger partial charge < -0.3 is 15.4 Å². The third-order valence-corrected chi connectivity index (χ3v) is 4.41. The van der Waals surface area contributed by atoms with E-state index in [4.69, 9.17) is 4.74 Å². The normalized spacial score (nSPS) is 10.9. The number of rotatable bonds is 8. The molecule has 0 aliphatic rings. The number of amides is 1. The van der Waals surface area contributed by atoms with Crippen molar-refractivity contribution < 1.29 is 9.53 Å². The number of ether oxygens (including phenoxy) is 1. The summed E-state index contributed by atoms with van der Waals surface area (Å²) in [4.78, 5) is 12.5. The van der Waals surface area contributed by atoms with E-state index in [1.807, 2.05) is 24.3 Å². The zero-order valence-corrected chi connectivity index (χ0v) is 16.4. The Labute approximate surface area is 157 Å². The lowest BCUT2D eigenvalue weighted by Crippen LogP contribution is -2.19. The Bertz CT molecular complexity index is 712. The first kappa shape index (κ1) is 19.8. The molecular weight excluding hydrogens is 324 g/mol. The molecule has 0 saturated heterocycles. The fourth-order valence-corrected chi connectivity index (χ4v) is 3.00. The van der Waals surface area contributed by atoms with Crippen LogP contribution in [-0.4, -0.2) is 19.6 Å². The van der Waals surface area contributed by atoms with E-state index in [1.165, 1.54) is 11.1 Å². The number of hydrogen-bond donors (Lipinski definition) is 2. The molecule has 140 valence electrons. The van der Waals surface area contributed by atoms with Gasteiger partial charge in [-0.2, -0.15) is 0 Å². The molecule has 0 aliphatic heterocycles. The number of nitrogens with one attached hydrogen (secondary N) is 2. The van der Waals surface area contributed by atoms with Crippen LogP contribution in [0.3, 0.4) is 0 Å². The van der Waals surface area contributed by atoms with E-state index in [9.17, 15) is 4.79 Å². The van der Waals surface area contributed by atoms with Gasteiger partial charge in [-0.05, 0) is 35.1 Å². The van der Waals surface area contributed by atoms with Crippen LogP contribution in [0.1, 0.15) is 57.1 Å². The van der Waals surface area contributed by atoms with Gasteiger partial charge in [0.05, 0.1) is 12.8 Å². The van der Waals surface area contributed by atoms with Gasteiger partial charge in [0.15, 0.2) is 0 Å². The lowest BCUT2D eigenvalue weighted by Gasteiger charge is -2.20. The van der Waals surface area contributed by atoms with E-state index in [2.05, 4.69) is 56.5 Å². The summed E-state index contributed by atoms with van der Waals surface area (Å²) in [5.41, 5.74) is 4.23. The molecular formula is C22H30N2O2. The molecule has 0 atom stereocenters. The lowest BCUT2D eigenvalue weighted by atomic mass is 9.92. The van der Waals surface area contributed by atoms with E-state index in [0.717, 1.165) is 17.1 Å². The summed E-state index contributed by atoms with van der Waals surface area (Å²) in [6.45, 7) is 9.15. The molecule has 0 aliphatic carbocycles. The monoisotopic (exact) mass is 354 g/mol. The SMILES string of the molecule is COc1ccccc1NCCC(=O)Nc1c(C(C)C)cccc1C(C)C.